The van der Waals surface area contributed by atoms with Crippen molar-refractivity contribution >= 4 is 11.8 Å². The Morgan fingerprint density at radius 2 is 2.17 bits per heavy atom. The normalized spacial score (nSPS) is 32.3. The standard InChI is InChI=1S/C14H22N2O2/c1-4-6-11-12(17)16(9-5-2)14(3,10-7-8-10)13(18)15-11/h5,10-11H,2,4,6-9H2,1,3H3,(H,15,18). The highest BCUT2D eigenvalue weighted by Crippen LogP contribution is 2.44. The van der Waals surface area contributed by atoms with Crippen molar-refractivity contribution in [3.05, 3.63) is 12.7 Å². The number of amides is 2. The fraction of sp³-hybridized carbons (Fsp3) is 0.714. The van der Waals surface area contributed by atoms with Crippen LogP contribution in [0.5, 0.6) is 0 Å². The molecule has 0 aromatic heterocycles. The molecular weight excluding hydrogens is 228 g/mol. The lowest BCUT2D eigenvalue weighted by atomic mass is 9.87. The quantitative estimate of drug-likeness (QED) is 0.751. The fourth-order valence-electron chi connectivity index (χ4n) is 2.85. The van der Waals surface area contributed by atoms with Crippen LogP contribution in [0.2, 0.25) is 0 Å². The van der Waals surface area contributed by atoms with Crippen LogP contribution in [0.3, 0.4) is 0 Å². The van der Waals surface area contributed by atoms with Gasteiger partial charge in [-0.05, 0) is 32.1 Å². The lowest BCUT2D eigenvalue weighted by Crippen LogP contribution is -2.70. The van der Waals surface area contributed by atoms with E-state index >= 15 is 0 Å². The van der Waals surface area contributed by atoms with Gasteiger partial charge in [0.15, 0.2) is 0 Å². The topological polar surface area (TPSA) is 49.4 Å². The molecule has 0 bridgehead atoms. The average molecular weight is 250 g/mol. The molecule has 18 heavy (non-hydrogen) atoms. The molecule has 2 unspecified atom stereocenters. The third kappa shape index (κ3) is 1.93. The molecule has 4 nitrogen and oxygen atoms in total. The van der Waals surface area contributed by atoms with Gasteiger partial charge in [0.1, 0.15) is 11.6 Å². The number of carbonyl (C=O) groups excluding carboxylic acids is 2. The molecule has 1 aliphatic carbocycles. The van der Waals surface area contributed by atoms with Crippen LogP contribution in [0, 0.1) is 5.92 Å². The van der Waals surface area contributed by atoms with Crippen molar-refractivity contribution in [1.82, 2.24) is 10.2 Å². The number of piperazine rings is 1. The average Bonchev–Trinajstić information content (AvgIpc) is 3.16. The van der Waals surface area contributed by atoms with Gasteiger partial charge in [-0.25, -0.2) is 0 Å². The van der Waals surface area contributed by atoms with Crippen LogP contribution in [-0.4, -0.2) is 34.8 Å². The minimum atomic E-state index is -0.671. The Hall–Kier alpha value is -1.32. The van der Waals surface area contributed by atoms with Crippen LogP contribution in [0.15, 0.2) is 12.7 Å². The lowest BCUT2D eigenvalue weighted by Gasteiger charge is -2.46. The first-order valence-corrected chi connectivity index (χ1v) is 6.79. The summed E-state index contributed by atoms with van der Waals surface area (Å²) >= 11 is 0. The SMILES string of the molecule is C=CCN1C(=O)C(CCC)NC(=O)C1(C)C1CC1. The maximum absolute atomic E-state index is 12.5. The van der Waals surface area contributed by atoms with E-state index in [-0.39, 0.29) is 17.9 Å². The van der Waals surface area contributed by atoms with Crippen molar-refractivity contribution in [2.75, 3.05) is 6.54 Å². The van der Waals surface area contributed by atoms with Gasteiger partial charge in [0.05, 0.1) is 0 Å². The minimum absolute atomic E-state index is 0.00454. The Morgan fingerprint density at radius 1 is 1.50 bits per heavy atom. The zero-order valence-corrected chi connectivity index (χ0v) is 11.2. The molecule has 100 valence electrons. The third-order valence-corrected chi connectivity index (χ3v) is 4.15. The monoisotopic (exact) mass is 250 g/mol. The Kier molecular flexibility index (Phi) is 3.46. The highest BCUT2D eigenvalue weighted by molar-refractivity contribution is 6.00. The van der Waals surface area contributed by atoms with E-state index in [9.17, 15) is 9.59 Å². The summed E-state index contributed by atoms with van der Waals surface area (Å²) in [5.74, 6) is 0.361. The van der Waals surface area contributed by atoms with Crippen molar-refractivity contribution < 1.29 is 9.59 Å². The fourth-order valence-corrected chi connectivity index (χ4v) is 2.85. The Bertz CT molecular complexity index is 376. The Morgan fingerprint density at radius 3 is 2.67 bits per heavy atom. The van der Waals surface area contributed by atoms with Crippen molar-refractivity contribution in [2.24, 2.45) is 5.92 Å². The molecule has 2 fully saturated rings. The highest BCUT2D eigenvalue weighted by atomic mass is 16.2. The molecule has 1 heterocycles. The summed E-state index contributed by atoms with van der Waals surface area (Å²) in [6, 6.07) is -0.353. The van der Waals surface area contributed by atoms with Gasteiger partial charge in [-0.15, -0.1) is 6.58 Å². The van der Waals surface area contributed by atoms with Gasteiger partial charge < -0.3 is 10.2 Å². The summed E-state index contributed by atoms with van der Waals surface area (Å²) in [4.78, 5) is 26.6. The zero-order valence-electron chi connectivity index (χ0n) is 11.2. The second-order valence-corrected chi connectivity index (χ2v) is 5.47. The largest absolute Gasteiger partial charge is 0.342 e. The van der Waals surface area contributed by atoms with Crippen LogP contribution in [-0.2, 0) is 9.59 Å². The Labute approximate surface area is 108 Å². The summed E-state index contributed by atoms with van der Waals surface area (Å²) in [6.07, 6.45) is 5.37. The van der Waals surface area contributed by atoms with Gasteiger partial charge in [-0.1, -0.05) is 19.4 Å². The molecule has 0 spiro atoms. The van der Waals surface area contributed by atoms with Crippen LogP contribution in [0.1, 0.15) is 39.5 Å². The van der Waals surface area contributed by atoms with Crippen LogP contribution < -0.4 is 5.32 Å². The molecule has 2 rings (SSSR count). The molecule has 1 N–H and O–H groups in total. The van der Waals surface area contributed by atoms with E-state index in [2.05, 4.69) is 11.9 Å². The number of rotatable bonds is 5. The predicted octanol–water partition coefficient (Wildman–Crippen LogP) is 1.47. The van der Waals surface area contributed by atoms with Crippen molar-refractivity contribution in [1.29, 1.82) is 0 Å². The molecule has 4 heteroatoms. The summed E-state index contributed by atoms with van der Waals surface area (Å²) in [6.45, 7) is 8.08. The third-order valence-electron chi connectivity index (χ3n) is 4.15. The molecule has 1 saturated heterocycles. The first-order valence-electron chi connectivity index (χ1n) is 6.79. The number of hydrogen-bond donors (Lipinski definition) is 1. The number of hydrogen-bond acceptors (Lipinski definition) is 2. The molecule has 2 aliphatic rings. The smallest absolute Gasteiger partial charge is 0.246 e. The maximum atomic E-state index is 12.5. The van der Waals surface area contributed by atoms with Crippen LogP contribution in [0.25, 0.3) is 0 Å². The molecule has 1 aliphatic heterocycles. The lowest BCUT2D eigenvalue weighted by molar-refractivity contribution is -0.157. The van der Waals surface area contributed by atoms with Gasteiger partial charge in [-0.3, -0.25) is 9.59 Å². The van der Waals surface area contributed by atoms with Gasteiger partial charge in [0, 0.05) is 6.54 Å². The molecule has 0 aromatic carbocycles. The van der Waals surface area contributed by atoms with Gasteiger partial charge in [0.2, 0.25) is 11.8 Å². The highest BCUT2D eigenvalue weighted by Gasteiger charge is 2.56. The van der Waals surface area contributed by atoms with Crippen molar-refractivity contribution in [3.63, 3.8) is 0 Å². The maximum Gasteiger partial charge on any atom is 0.246 e. The van der Waals surface area contributed by atoms with E-state index in [1.807, 2.05) is 13.8 Å². The summed E-state index contributed by atoms with van der Waals surface area (Å²) in [5.41, 5.74) is -0.671. The van der Waals surface area contributed by atoms with E-state index < -0.39 is 5.54 Å². The van der Waals surface area contributed by atoms with Crippen molar-refractivity contribution in [2.45, 2.75) is 51.1 Å². The summed E-state index contributed by atoms with van der Waals surface area (Å²) in [5, 5.41) is 2.90. The number of nitrogens with one attached hydrogen (secondary N) is 1. The summed E-state index contributed by atoms with van der Waals surface area (Å²) in [7, 11) is 0. The first kappa shape index (κ1) is 13.1. The Balaban J connectivity index is 2.27. The minimum Gasteiger partial charge on any atom is -0.342 e. The molecule has 1 saturated carbocycles. The molecule has 2 amide bonds. The van der Waals surface area contributed by atoms with Crippen LogP contribution >= 0.6 is 0 Å². The van der Waals surface area contributed by atoms with E-state index in [0.717, 1.165) is 19.3 Å². The van der Waals surface area contributed by atoms with Crippen molar-refractivity contribution in [3.8, 4) is 0 Å². The van der Waals surface area contributed by atoms with E-state index in [0.29, 0.717) is 18.9 Å². The van der Waals surface area contributed by atoms with Crippen LogP contribution in [0.4, 0.5) is 0 Å². The molecule has 2 atom stereocenters. The molecular formula is C14H22N2O2. The van der Waals surface area contributed by atoms with E-state index in [1.165, 1.54) is 0 Å². The van der Waals surface area contributed by atoms with E-state index in [4.69, 9.17) is 0 Å². The van der Waals surface area contributed by atoms with Gasteiger partial charge in [-0.2, -0.15) is 0 Å². The second kappa shape index (κ2) is 4.75. The van der Waals surface area contributed by atoms with Gasteiger partial charge in [0.25, 0.3) is 0 Å². The van der Waals surface area contributed by atoms with E-state index in [1.54, 1.807) is 11.0 Å². The first-order chi connectivity index (χ1) is 8.55. The zero-order chi connectivity index (χ0) is 13.3. The molecule has 0 radical (unpaired) electrons. The predicted molar refractivity (Wildman–Crippen MR) is 69.9 cm³/mol. The second-order valence-electron chi connectivity index (χ2n) is 5.47. The number of nitrogens with zero attached hydrogens (tertiary/aromatic N) is 1. The van der Waals surface area contributed by atoms with Gasteiger partial charge >= 0.3 is 0 Å². The molecule has 0 aromatic rings. The summed E-state index contributed by atoms with van der Waals surface area (Å²) < 4.78 is 0. The number of carbonyl (C=O) groups is 2.